The second-order valence-corrected chi connectivity index (χ2v) is 10.8. The first-order valence-electron chi connectivity index (χ1n) is 15.5. The van der Waals surface area contributed by atoms with E-state index in [-0.39, 0.29) is 49.5 Å². The van der Waals surface area contributed by atoms with Crippen molar-refractivity contribution in [1.82, 2.24) is 9.46 Å². The molecule has 0 atom stereocenters. The summed E-state index contributed by atoms with van der Waals surface area (Å²) in [5.41, 5.74) is 2.24. The number of pyridine rings is 1. The number of benzene rings is 2. The third-order valence-corrected chi connectivity index (χ3v) is 7.66. The zero-order valence-corrected chi connectivity index (χ0v) is 28.2. The number of methoxy groups -OCH3 is 5. The van der Waals surface area contributed by atoms with Crippen LogP contribution in [0, 0.1) is 0 Å². The van der Waals surface area contributed by atoms with Gasteiger partial charge in [-0.3, -0.25) is 9.59 Å². The van der Waals surface area contributed by atoms with Crippen LogP contribution in [0.2, 0.25) is 0 Å². The summed E-state index contributed by atoms with van der Waals surface area (Å²) in [4.78, 5) is 54.0. The number of esters is 1. The molecule has 1 aliphatic heterocycles. The standard InChI is InChI=1S/C36H36N2O12/c1-43-26-13-10-22(8-9-23-18-29(45-3)35(47-5)30(19-23)46-4)17-27(26)49-36(42)34-28(44-2)20-24-11-12-25(21-37(24)34)48-16-6-7-33(41)50-38-31(39)14-15-32(38)40/h8-13,17-21H,6-7,14-16H2,1-5H3/b9-8-. The minimum Gasteiger partial charge on any atom is -0.494 e. The summed E-state index contributed by atoms with van der Waals surface area (Å²) in [5, 5.41) is 0.511. The van der Waals surface area contributed by atoms with Crippen molar-refractivity contribution in [3.8, 4) is 40.2 Å². The lowest BCUT2D eigenvalue weighted by Crippen LogP contribution is -2.32. The molecule has 0 radical (unpaired) electrons. The van der Waals surface area contributed by atoms with Gasteiger partial charge in [0.2, 0.25) is 5.75 Å². The summed E-state index contributed by atoms with van der Waals surface area (Å²) in [5.74, 6) is 0.175. The van der Waals surface area contributed by atoms with E-state index in [2.05, 4.69) is 0 Å². The summed E-state index contributed by atoms with van der Waals surface area (Å²) in [6.45, 7) is 0.119. The van der Waals surface area contributed by atoms with E-state index in [1.807, 2.05) is 18.2 Å². The molecule has 0 spiro atoms. The molecule has 4 aromatic rings. The van der Waals surface area contributed by atoms with Gasteiger partial charge in [0, 0.05) is 24.4 Å². The molecule has 0 aliphatic carbocycles. The Hall–Kier alpha value is -6.18. The monoisotopic (exact) mass is 688 g/mol. The highest BCUT2D eigenvalue weighted by molar-refractivity contribution is 6.01. The largest absolute Gasteiger partial charge is 0.494 e. The molecule has 5 rings (SSSR count). The summed E-state index contributed by atoms with van der Waals surface area (Å²) in [6, 6.07) is 13.9. The van der Waals surface area contributed by atoms with Gasteiger partial charge in [-0.25, -0.2) is 9.59 Å². The van der Waals surface area contributed by atoms with Gasteiger partial charge in [-0.2, -0.15) is 0 Å². The molecular formula is C36H36N2O12. The lowest BCUT2D eigenvalue weighted by molar-refractivity contribution is -0.197. The van der Waals surface area contributed by atoms with Gasteiger partial charge in [-0.05, 0) is 53.9 Å². The predicted molar refractivity (Wildman–Crippen MR) is 179 cm³/mol. The van der Waals surface area contributed by atoms with Gasteiger partial charge in [0.1, 0.15) is 5.75 Å². The van der Waals surface area contributed by atoms with Crippen molar-refractivity contribution in [2.45, 2.75) is 25.7 Å². The van der Waals surface area contributed by atoms with Crippen LogP contribution >= 0.6 is 0 Å². The minimum absolute atomic E-state index is 0.0205. The smallest absolute Gasteiger partial charge is 0.364 e. The fraction of sp³-hybridized carbons (Fsp3) is 0.278. The third kappa shape index (κ3) is 7.75. The molecule has 2 aromatic heterocycles. The Morgan fingerprint density at radius 1 is 0.720 bits per heavy atom. The molecule has 0 bridgehead atoms. The van der Waals surface area contributed by atoms with Gasteiger partial charge >= 0.3 is 11.9 Å². The SMILES string of the molecule is COc1ccc(/C=C\c2cc(OC)c(OC)c(OC)c2)cc1OC(=O)c1c(OC)cc2ccc(OCCCC(=O)ON3C(=O)CCC3=O)cn12. The van der Waals surface area contributed by atoms with Crippen LogP contribution in [0.25, 0.3) is 17.7 Å². The molecule has 2 amide bonds. The highest BCUT2D eigenvalue weighted by Gasteiger charge is 2.32. The van der Waals surface area contributed by atoms with E-state index in [9.17, 15) is 19.2 Å². The lowest BCUT2D eigenvalue weighted by Gasteiger charge is -2.13. The highest BCUT2D eigenvalue weighted by atomic mass is 16.7. The lowest BCUT2D eigenvalue weighted by atomic mass is 10.1. The molecule has 0 N–H and O–H groups in total. The van der Waals surface area contributed by atoms with Gasteiger partial charge in [0.15, 0.2) is 34.4 Å². The van der Waals surface area contributed by atoms with Crippen molar-refractivity contribution in [2.24, 2.45) is 0 Å². The fourth-order valence-corrected chi connectivity index (χ4v) is 5.19. The predicted octanol–water partition coefficient (Wildman–Crippen LogP) is 5.14. The maximum Gasteiger partial charge on any atom is 0.364 e. The quantitative estimate of drug-likeness (QED) is 0.0535. The van der Waals surface area contributed by atoms with Crippen molar-refractivity contribution >= 4 is 41.4 Å². The van der Waals surface area contributed by atoms with E-state index in [0.29, 0.717) is 44.9 Å². The van der Waals surface area contributed by atoms with Gasteiger partial charge < -0.3 is 42.4 Å². The third-order valence-electron chi connectivity index (χ3n) is 7.66. The van der Waals surface area contributed by atoms with Crippen molar-refractivity contribution in [2.75, 3.05) is 42.2 Å². The Kier molecular flexibility index (Phi) is 11.1. The number of carbonyl (C=O) groups excluding carboxylic acids is 4. The van der Waals surface area contributed by atoms with E-state index in [4.69, 9.17) is 38.0 Å². The summed E-state index contributed by atoms with van der Waals surface area (Å²) >= 11 is 0. The van der Waals surface area contributed by atoms with Crippen molar-refractivity contribution in [1.29, 1.82) is 0 Å². The molecule has 2 aromatic carbocycles. The number of imide groups is 1. The molecule has 0 unspecified atom stereocenters. The number of nitrogens with zero attached hydrogens (tertiary/aromatic N) is 2. The molecule has 1 saturated heterocycles. The summed E-state index contributed by atoms with van der Waals surface area (Å²) < 4.78 is 40.5. The molecule has 14 heteroatoms. The summed E-state index contributed by atoms with van der Waals surface area (Å²) in [6.07, 6.45) is 5.50. The number of aromatic nitrogens is 1. The number of hydrogen-bond donors (Lipinski definition) is 0. The van der Waals surface area contributed by atoms with Gasteiger partial charge in [0.05, 0.1) is 54.8 Å². The molecule has 262 valence electrons. The van der Waals surface area contributed by atoms with Gasteiger partial charge in [0.25, 0.3) is 11.8 Å². The normalized spacial score (nSPS) is 12.7. The van der Waals surface area contributed by atoms with E-state index >= 15 is 0 Å². The van der Waals surface area contributed by atoms with Crippen LogP contribution in [-0.4, -0.2) is 75.4 Å². The average molecular weight is 689 g/mol. The molecule has 3 heterocycles. The fourth-order valence-electron chi connectivity index (χ4n) is 5.19. The second-order valence-electron chi connectivity index (χ2n) is 10.8. The van der Waals surface area contributed by atoms with Crippen molar-refractivity contribution in [3.05, 3.63) is 71.5 Å². The summed E-state index contributed by atoms with van der Waals surface area (Å²) in [7, 11) is 7.54. The van der Waals surface area contributed by atoms with E-state index < -0.39 is 23.8 Å². The van der Waals surface area contributed by atoms with E-state index in [1.54, 1.807) is 67.3 Å². The number of hydrogen-bond acceptors (Lipinski definition) is 12. The molecule has 0 saturated carbocycles. The van der Waals surface area contributed by atoms with Crippen LogP contribution in [0.4, 0.5) is 0 Å². The Morgan fingerprint density at radius 3 is 2.00 bits per heavy atom. The molecule has 14 nitrogen and oxygen atoms in total. The first-order chi connectivity index (χ1) is 24.2. The van der Waals surface area contributed by atoms with Crippen LogP contribution in [-0.2, 0) is 19.2 Å². The minimum atomic E-state index is -0.719. The zero-order chi connectivity index (χ0) is 35.8. The Balaban J connectivity index is 1.30. The van der Waals surface area contributed by atoms with Crippen LogP contribution in [0.15, 0.2) is 54.7 Å². The first-order valence-corrected chi connectivity index (χ1v) is 15.5. The Bertz CT molecular complexity index is 1910. The molecule has 1 aliphatic rings. The topological polar surface area (TPSA) is 150 Å². The maximum absolute atomic E-state index is 13.7. The van der Waals surface area contributed by atoms with Crippen LogP contribution < -0.4 is 33.2 Å². The molecular weight excluding hydrogens is 652 g/mol. The number of fused-ring (bicyclic) bond motifs is 1. The number of amides is 2. The maximum atomic E-state index is 13.7. The number of carbonyl (C=O) groups is 4. The highest BCUT2D eigenvalue weighted by Crippen LogP contribution is 2.39. The first kappa shape index (κ1) is 35.1. The molecule has 50 heavy (non-hydrogen) atoms. The zero-order valence-electron chi connectivity index (χ0n) is 28.2. The number of hydroxylamine groups is 2. The van der Waals surface area contributed by atoms with E-state index in [1.165, 1.54) is 21.3 Å². The van der Waals surface area contributed by atoms with Crippen LogP contribution in [0.5, 0.6) is 40.2 Å². The number of rotatable bonds is 15. The second kappa shape index (κ2) is 15.8. The Labute approximate surface area is 287 Å². The number of ether oxygens (including phenoxy) is 7. The average Bonchev–Trinajstić information content (AvgIpc) is 3.66. The molecule has 1 fully saturated rings. The van der Waals surface area contributed by atoms with Crippen LogP contribution in [0.3, 0.4) is 0 Å². The van der Waals surface area contributed by atoms with Gasteiger partial charge in [-0.1, -0.05) is 18.2 Å². The van der Waals surface area contributed by atoms with Gasteiger partial charge in [-0.15, -0.1) is 5.06 Å². The van der Waals surface area contributed by atoms with Crippen molar-refractivity contribution in [3.63, 3.8) is 0 Å². The van der Waals surface area contributed by atoms with Crippen LogP contribution in [0.1, 0.15) is 47.3 Å². The van der Waals surface area contributed by atoms with Crippen molar-refractivity contribution < 1.29 is 57.2 Å². The van der Waals surface area contributed by atoms with E-state index in [0.717, 1.165) is 5.56 Å². The Morgan fingerprint density at radius 2 is 1.36 bits per heavy atom.